The molecule has 0 unspecified atom stereocenters. The van der Waals surface area contributed by atoms with Gasteiger partial charge in [0.15, 0.2) is 5.84 Å². The maximum Gasteiger partial charge on any atom is 0.227 e. The van der Waals surface area contributed by atoms with Crippen LogP contribution in [0, 0.1) is 5.92 Å². The van der Waals surface area contributed by atoms with Crippen molar-refractivity contribution in [3.8, 4) is 0 Å². The van der Waals surface area contributed by atoms with Crippen molar-refractivity contribution < 1.29 is 10.0 Å². The molecule has 1 saturated carbocycles. The fourth-order valence-electron chi connectivity index (χ4n) is 2.65. The Morgan fingerprint density at radius 2 is 1.85 bits per heavy atom. The lowest BCUT2D eigenvalue weighted by molar-refractivity contribution is -0.120. The van der Waals surface area contributed by atoms with Gasteiger partial charge in [0.05, 0.1) is 5.69 Å². The third-order valence-electron chi connectivity index (χ3n) is 3.79. The summed E-state index contributed by atoms with van der Waals surface area (Å²) in [6.45, 7) is 0. The number of para-hydroxylation sites is 1. The number of carbonyl (C=O) groups excluding carboxylic acids is 1. The second kappa shape index (κ2) is 6.93. The van der Waals surface area contributed by atoms with Crippen molar-refractivity contribution in [2.24, 2.45) is 16.8 Å². The Morgan fingerprint density at radius 1 is 1.20 bits per heavy atom. The molecule has 1 fully saturated rings. The van der Waals surface area contributed by atoms with E-state index in [2.05, 4.69) is 10.5 Å². The van der Waals surface area contributed by atoms with Gasteiger partial charge in [0, 0.05) is 11.5 Å². The second-order valence-corrected chi connectivity index (χ2v) is 5.21. The molecule has 0 aromatic heterocycles. The van der Waals surface area contributed by atoms with Gasteiger partial charge in [-0.1, -0.05) is 43.0 Å². The number of hydrogen-bond acceptors (Lipinski definition) is 3. The molecular weight excluding hydrogens is 254 g/mol. The highest BCUT2D eigenvalue weighted by molar-refractivity contribution is 6.05. The van der Waals surface area contributed by atoms with Gasteiger partial charge >= 0.3 is 0 Å². The minimum atomic E-state index is 0.00164. The Morgan fingerprint density at radius 3 is 2.50 bits per heavy atom. The smallest absolute Gasteiger partial charge is 0.227 e. The number of hydrogen-bond donors (Lipinski definition) is 3. The van der Waals surface area contributed by atoms with Crippen LogP contribution in [0.5, 0.6) is 0 Å². The molecule has 0 bridgehead atoms. The van der Waals surface area contributed by atoms with Crippen LogP contribution in [0.15, 0.2) is 29.4 Å². The van der Waals surface area contributed by atoms with Crippen LogP contribution in [0.25, 0.3) is 0 Å². The molecule has 1 amide bonds. The molecule has 108 valence electrons. The summed E-state index contributed by atoms with van der Waals surface area (Å²) in [4.78, 5) is 12.3. The van der Waals surface area contributed by atoms with Crippen LogP contribution in [0.3, 0.4) is 0 Å². The molecular formula is C15H21N3O2. The van der Waals surface area contributed by atoms with Crippen molar-refractivity contribution >= 4 is 17.4 Å². The highest BCUT2D eigenvalue weighted by Gasteiger charge is 2.21. The van der Waals surface area contributed by atoms with Crippen LogP contribution < -0.4 is 11.1 Å². The van der Waals surface area contributed by atoms with Crippen LogP contribution in [0.4, 0.5) is 5.69 Å². The van der Waals surface area contributed by atoms with Crippen molar-refractivity contribution in [1.82, 2.24) is 0 Å². The van der Waals surface area contributed by atoms with E-state index in [1.54, 1.807) is 18.2 Å². The first-order valence-corrected chi connectivity index (χ1v) is 7.10. The van der Waals surface area contributed by atoms with Crippen molar-refractivity contribution in [2.45, 2.75) is 38.5 Å². The Kier molecular flexibility index (Phi) is 4.98. The topological polar surface area (TPSA) is 87.7 Å². The van der Waals surface area contributed by atoms with Gasteiger partial charge in [0.2, 0.25) is 5.91 Å². The SMILES string of the molecule is NC(=NO)c1ccccc1NC(=O)C1CCCCCC1. The summed E-state index contributed by atoms with van der Waals surface area (Å²) in [5.74, 6) is 0.102. The van der Waals surface area contributed by atoms with Gasteiger partial charge in [-0.05, 0) is 25.0 Å². The van der Waals surface area contributed by atoms with Crippen LogP contribution >= 0.6 is 0 Å². The molecule has 0 atom stereocenters. The van der Waals surface area contributed by atoms with Gasteiger partial charge in [0.25, 0.3) is 0 Å². The molecule has 1 aromatic carbocycles. The summed E-state index contributed by atoms with van der Waals surface area (Å²) in [7, 11) is 0. The maximum absolute atomic E-state index is 12.3. The average molecular weight is 275 g/mol. The Labute approximate surface area is 118 Å². The molecule has 0 radical (unpaired) electrons. The first-order chi connectivity index (χ1) is 9.72. The third-order valence-corrected chi connectivity index (χ3v) is 3.79. The molecule has 1 aliphatic rings. The van der Waals surface area contributed by atoms with E-state index in [1.165, 1.54) is 12.8 Å². The fraction of sp³-hybridized carbons (Fsp3) is 0.467. The normalized spacial score (nSPS) is 17.5. The summed E-state index contributed by atoms with van der Waals surface area (Å²) in [5, 5.41) is 14.7. The lowest BCUT2D eigenvalue weighted by Gasteiger charge is -2.16. The summed E-state index contributed by atoms with van der Waals surface area (Å²) in [6, 6.07) is 7.09. The number of rotatable bonds is 3. The third kappa shape index (κ3) is 3.50. The van der Waals surface area contributed by atoms with Gasteiger partial charge < -0.3 is 16.3 Å². The molecule has 2 rings (SSSR count). The molecule has 1 aliphatic carbocycles. The number of nitrogens with one attached hydrogen (secondary N) is 1. The molecule has 0 aliphatic heterocycles. The fourth-order valence-corrected chi connectivity index (χ4v) is 2.65. The van der Waals surface area contributed by atoms with Crippen molar-refractivity contribution in [2.75, 3.05) is 5.32 Å². The number of oxime groups is 1. The van der Waals surface area contributed by atoms with Crippen molar-refractivity contribution in [3.05, 3.63) is 29.8 Å². The molecule has 0 saturated heterocycles. The van der Waals surface area contributed by atoms with Crippen LogP contribution in [0.2, 0.25) is 0 Å². The quantitative estimate of drug-likeness (QED) is 0.260. The first-order valence-electron chi connectivity index (χ1n) is 7.10. The summed E-state index contributed by atoms with van der Waals surface area (Å²) >= 11 is 0. The Hall–Kier alpha value is -2.04. The summed E-state index contributed by atoms with van der Waals surface area (Å²) in [6.07, 6.45) is 6.53. The summed E-state index contributed by atoms with van der Waals surface area (Å²) in [5.41, 5.74) is 6.76. The molecule has 5 nitrogen and oxygen atoms in total. The van der Waals surface area contributed by atoms with E-state index in [0.29, 0.717) is 11.3 Å². The molecule has 0 heterocycles. The van der Waals surface area contributed by atoms with Crippen LogP contribution in [-0.4, -0.2) is 17.0 Å². The van der Waals surface area contributed by atoms with E-state index in [0.717, 1.165) is 25.7 Å². The molecule has 1 aromatic rings. The van der Waals surface area contributed by atoms with E-state index in [4.69, 9.17) is 10.9 Å². The molecule has 0 spiro atoms. The minimum Gasteiger partial charge on any atom is -0.409 e. The summed E-state index contributed by atoms with van der Waals surface area (Å²) < 4.78 is 0. The van der Waals surface area contributed by atoms with E-state index in [-0.39, 0.29) is 17.7 Å². The van der Waals surface area contributed by atoms with Gasteiger partial charge in [-0.25, -0.2) is 0 Å². The van der Waals surface area contributed by atoms with Crippen molar-refractivity contribution in [1.29, 1.82) is 0 Å². The van der Waals surface area contributed by atoms with E-state index >= 15 is 0 Å². The predicted octanol–water partition coefficient (Wildman–Crippen LogP) is 2.69. The number of anilines is 1. The standard InChI is InChI=1S/C15H21N3O2/c16-14(18-20)12-9-5-6-10-13(12)17-15(19)11-7-3-1-2-4-8-11/h5-6,9-11,20H,1-4,7-8H2,(H2,16,18)(H,17,19). The van der Waals surface area contributed by atoms with Crippen LogP contribution in [-0.2, 0) is 4.79 Å². The zero-order chi connectivity index (χ0) is 14.4. The van der Waals surface area contributed by atoms with Crippen LogP contribution in [0.1, 0.15) is 44.1 Å². The van der Waals surface area contributed by atoms with Gasteiger partial charge in [-0.2, -0.15) is 0 Å². The molecule has 4 N–H and O–H groups in total. The number of nitrogens with two attached hydrogens (primary N) is 1. The van der Waals surface area contributed by atoms with E-state index in [1.807, 2.05) is 6.07 Å². The lowest BCUT2D eigenvalue weighted by Crippen LogP contribution is -2.24. The second-order valence-electron chi connectivity index (χ2n) is 5.21. The van der Waals surface area contributed by atoms with E-state index in [9.17, 15) is 4.79 Å². The average Bonchev–Trinajstić information content (AvgIpc) is 2.76. The number of carbonyl (C=O) groups is 1. The number of nitrogens with zero attached hydrogens (tertiary/aromatic N) is 1. The zero-order valence-corrected chi connectivity index (χ0v) is 11.5. The maximum atomic E-state index is 12.3. The molecule has 20 heavy (non-hydrogen) atoms. The zero-order valence-electron chi connectivity index (χ0n) is 11.5. The van der Waals surface area contributed by atoms with Gasteiger partial charge in [0.1, 0.15) is 0 Å². The monoisotopic (exact) mass is 275 g/mol. The lowest BCUT2D eigenvalue weighted by atomic mass is 9.99. The molecule has 5 heteroatoms. The Bertz CT molecular complexity index is 492. The Balaban J connectivity index is 2.11. The highest BCUT2D eigenvalue weighted by Crippen LogP contribution is 2.25. The minimum absolute atomic E-state index is 0.00164. The largest absolute Gasteiger partial charge is 0.409 e. The van der Waals surface area contributed by atoms with Crippen molar-refractivity contribution in [3.63, 3.8) is 0 Å². The highest BCUT2D eigenvalue weighted by atomic mass is 16.4. The van der Waals surface area contributed by atoms with E-state index < -0.39 is 0 Å². The number of amides is 1. The van der Waals surface area contributed by atoms with Gasteiger partial charge in [-0.15, -0.1) is 0 Å². The predicted molar refractivity (Wildman–Crippen MR) is 78.8 cm³/mol. The van der Waals surface area contributed by atoms with Gasteiger partial charge in [-0.3, -0.25) is 4.79 Å². The first kappa shape index (κ1) is 14.4. The number of benzene rings is 1. The number of amidine groups is 1.